The molecule has 3 fully saturated rings. The number of amides is 2. The zero-order valence-corrected chi connectivity index (χ0v) is 17.8. The molecule has 7 nitrogen and oxygen atoms in total. The van der Waals surface area contributed by atoms with Gasteiger partial charge in [-0.15, -0.1) is 0 Å². The van der Waals surface area contributed by atoms with E-state index in [1.807, 2.05) is 0 Å². The third-order valence-corrected chi connectivity index (χ3v) is 6.45. The molecule has 0 unspecified atom stereocenters. The fourth-order valence-corrected chi connectivity index (χ4v) is 5.03. The number of fused-ring (bicyclic) bond motifs is 1. The molecule has 4 atom stereocenters. The van der Waals surface area contributed by atoms with Crippen molar-refractivity contribution in [2.24, 2.45) is 17.3 Å². The lowest BCUT2D eigenvalue weighted by Crippen LogP contribution is -2.49. The lowest BCUT2D eigenvalue weighted by molar-refractivity contribution is -0.170. The van der Waals surface area contributed by atoms with Crippen LogP contribution in [0.2, 0.25) is 0 Å². The van der Waals surface area contributed by atoms with Gasteiger partial charge in [-0.2, -0.15) is 13.2 Å². The van der Waals surface area contributed by atoms with Crippen molar-refractivity contribution in [3.05, 3.63) is 0 Å². The Hall–Kier alpha value is -2.00. The molecule has 0 bridgehead atoms. The number of rotatable bonds is 2. The molecule has 2 aliphatic heterocycles. The molecular formula is C20H29F3N2O5. The molecular weight excluding hydrogens is 405 g/mol. The predicted octanol–water partition coefficient (Wildman–Crippen LogP) is 2.98. The van der Waals surface area contributed by atoms with Gasteiger partial charge in [0.2, 0.25) is 5.91 Å². The van der Waals surface area contributed by atoms with Gasteiger partial charge in [-0.05, 0) is 46.0 Å². The molecule has 2 heterocycles. The maximum Gasteiger partial charge on any atom is 0.410 e. The summed E-state index contributed by atoms with van der Waals surface area (Å²) in [6, 6.07) is -1.26. The number of halogens is 3. The Morgan fingerprint density at radius 1 is 1.10 bits per heavy atom. The monoisotopic (exact) mass is 434 g/mol. The zero-order valence-electron chi connectivity index (χ0n) is 17.8. The molecule has 2 saturated heterocycles. The summed E-state index contributed by atoms with van der Waals surface area (Å²) in [4.78, 5) is 40.6. The summed E-state index contributed by atoms with van der Waals surface area (Å²) in [6.45, 7) is 4.61. The highest BCUT2D eigenvalue weighted by molar-refractivity contribution is 5.88. The normalized spacial score (nSPS) is 31.6. The summed E-state index contributed by atoms with van der Waals surface area (Å²) < 4.78 is 50.4. The summed E-state index contributed by atoms with van der Waals surface area (Å²) in [5.74, 6) is -2.83. The van der Waals surface area contributed by atoms with Crippen molar-refractivity contribution in [1.82, 2.24) is 9.80 Å². The van der Waals surface area contributed by atoms with Crippen LogP contribution in [0.3, 0.4) is 0 Å². The Morgan fingerprint density at radius 3 is 2.33 bits per heavy atom. The Bertz CT molecular complexity index is 720. The van der Waals surface area contributed by atoms with Crippen molar-refractivity contribution in [2.45, 2.75) is 64.3 Å². The van der Waals surface area contributed by atoms with Crippen LogP contribution in [0.1, 0.15) is 46.5 Å². The highest BCUT2D eigenvalue weighted by Gasteiger charge is 2.59. The van der Waals surface area contributed by atoms with Gasteiger partial charge in [-0.3, -0.25) is 14.5 Å². The molecule has 170 valence electrons. The van der Waals surface area contributed by atoms with Gasteiger partial charge in [0.15, 0.2) is 0 Å². The van der Waals surface area contributed by atoms with E-state index in [0.29, 0.717) is 6.42 Å². The van der Waals surface area contributed by atoms with Gasteiger partial charge in [0.25, 0.3) is 0 Å². The van der Waals surface area contributed by atoms with Crippen molar-refractivity contribution >= 4 is 18.0 Å². The minimum atomic E-state index is -4.52. The standard InChI is InChI=1S/C20H29F3N2O5/c1-18(2,3)30-17(28)25-10-13(20(21,22)23)8-14(25)15(26)24-9-12-6-5-7-19(12,11-24)16(27)29-4/h12-14H,5-11H2,1-4H3/t12-,13-,14-,19-/m0/s1. The first-order valence-electron chi connectivity index (χ1n) is 10.2. The van der Waals surface area contributed by atoms with E-state index < -0.39 is 54.1 Å². The molecule has 0 aromatic carbocycles. The van der Waals surface area contributed by atoms with Gasteiger partial charge < -0.3 is 14.4 Å². The molecule has 3 aliphatic rings. The number of carbonyl (C=O) groups is 3. The van der Waals surface area contributed by atoms with E-state index in [0.717, 1.165) is 17.7 Å². The second-order valence-electron chi connectivity index (χ2n) is 9.58. The van der Waals surface area contributed by atoms with Crippen LogP contribution in [0, 0.1) is 17.3 Å². The first-order chi connectivity index (χ1) is 13.8. The summed E-state index contributed by atoms with van der Waals surface area (Å²) in [6.07, 6.45) is -3.79. The second kappa shape index (κ2) is 7.60. The largest absolute Gasteiger partial charge is 0.469 e. The van der Waals surface area contributed by atoms with Crippen LogP contribution < -0.4 is 0 Å². The first-order valence-corrected chi connectivity index (χ1v) is 10.2. The van der Waals surface area contributed by atoms with Crippen LogP contribution in [0.15, 0.2) is 0 Å². The molecule has 1 aliphatic carbocycles. The van der Waals surface area contributed by atoms with Crippen LogP contribution >= 0.6 is 0 Å². The number of hydrogen-bond donors (Lipinski definition) is 0. The third kappa shape index (κ3) is 4.09. The Morgan fingerprint density at radius 2 is 1.77 bits per heavy atom. The number of alkyl halides is 3. The average molecular weight is 434 g/mol. The Balaban J connectivity index is 1.81. The maximum atomic E-state index is 13.4. The topological polar surface area (TPSA) is 76.2 Å². The molecule has 3 rings (SSSR count). The van der Waals surface area contributed by atoms with E-state index in [2.05, 4.69) is 0 Å². The number of hydrogen-bond acceptors (Lipinski definition) is 5. The number of methoxy groups -OCH3 is 1. The molecule has 1 saturated carbocycles. The quantitative estimate of drug-likeness (QED) is 0.625. The number of ether oxygens (including phenoxy) is 2. The molecule has 10 heteroatoms. The van der Waals surface area contributed by atoms with E-state index in [-0.39, 0.29) is 25.0 Å². The average Bonchev–Trinajstić information content (AvgIpc) is 3.30. The predicted molar refractivity (Wildman–Crippen MR) is 99.3 cm³/mol. The van der Waals surface area contributed by atoms with Crippen molar-refractivity contribution in [2.75, 3.05) is 26.7 Å². The minimum Gasteiger partial charge on any atom is -0.469 e. The van der Waals surface area contributed by atoms with Gasteiger partial charge in [0.1, 0.15) is 11.6 Å². The van der Waals surface area contributed by atoms with E-state index in [9.17, 15) is 27.6 Å². The highest BCUT2D eigenvalue weighted by atomic mass is 19.4. The summed E-state index contributed by atoms with van der Waals surface area (Å²) in [7, 11) is 1.30. The van der Waals surface area contributed by atoms with Crippen LogP contribution in [-0.2, 0) is 19.1 Å². The van der Waals surface area contributed by atoms with Crippen LogP contribution in [-0.4, -0.2) is 72.3 Å². The van der Waals surface area contributed by atoms with E-state index in [4.69, 9.17) is 9.47 Å². The molecule has 0 aromatic heterocycles. The fraction of sp³-hybridized carbons (Fsp3) is 0.850. The van der Waals surface area contributed by atoms with E-state index >= 15 is 0 Å². The first kappa shape index (κ1) is 22.7. The van der Waals surface area contributed by atoms with Crippen LogP contribution in [0.5, 0.6) is 0 Å². The van der Waals surface area contributed by atoms with Crippen molar-refractivity contribution in [3.63, 3.8) is 0 Å². The SMILES string of the molecule is COC(=O)[C@]12CCC[C@H]1CN(C(=O)[C@@H]1C[C@H](C(F)(F)F)CN1C(=O)OC(C)(C)C)C2. The fourth-order valence-electron chi connectivity index (χ4n) is 5.03. The zero-order chi connectivity index (χ0) is 22.5. The van der Waals surface area contributed by atoms with E-state index in [1.54, 1.807) is 20.8 Å². The third-order valence-electron chi connectivity index (χ3n) is 6.45. The lowest BCUT2D eigenvalue weighted by atomic mass is 9.81. The Labute approximate surface area is 173 Å². The van der Waals surface area contributed by atoms with Gasteiger partial charge in [-0.1, -0.05) is 6.42 Å². The number of carbonyl (C=O) groups excluding carboxylic acids is 3. The maximum absolute atomic E-state index is 13.4. The molecule has 0 aromatic rings. The second-order valence-corrected chi connectivity index (χ2v) is 9.58. The van der Waals surface area contributed by atoms with Gasteiger partial charge in [0.05, 0.1) is 18.4 Å². The molecule has 0 radical (unpaired) electrons. The van der Waals surface area contributed by atoms with Crippen molar-refractivity contribution in [1.29, 1.82) is 0 Å². The molecule has 0 N–H and O–H groups in total. The van der Waals surface area contributed by atoms with E-state index in [1.165, 1.54) is 12.0 Å². The van der Waals surface area contributed by atoms with Crippen molar-refractivity contribution < 1.29 is 37.0 Å². The highest BCUT2D eigenvalue weighted by Crippen LogP contribution is 2.50. The van der Waals surface area contributed by atoms with Gasteiger partial charge >= 0.3 is 18.2 Å². The molecule has 30 heavy (non-hydrogen) atoms. The Kier molecular flexibility index (Phi) is 5.75. The van der Waals surface area contributed by atoms with Crippen molar-refractivity contribution in [3.8, 4) is 0 Å². The number of nitrogens with zero attached hydrogens (tertiary/aromatic N) is 2. The van der Waals surface area contributed by atoms with Crippen LogP contribution in [0.4, 0.5) is 18.0 Å². The smallest absolute Gasteiger partial charge is 0.410 e. The lowest BCUT2D eigenvalue weighted by Gasteiger charge is -2.31. The number of likely N-dealkylation sites (tertiary alicyclic amines) is 2. The minimum absolute atomic E-state index is 0.0799. The summed E-state index contributed by atoms with van der Waals surface area (Å²) >= 11 is 0. The number of esters is 1. The van der Waals surface area contributed by atoms with Gasteiger partial charge in [0, 0.05) is 19.6 Å². The summed E-state index contributed by atoms with van der Waals surface area (Å²) in [5.41, 5.74) is -1.70. The molecule has 2 amide bonds. The van der Waals surface area contributed by atoms with Crippen LogP contribution in [0.25, 0.3) is 0 Å². The summed E-state index contributed by atoms with van der Waals surface area (Å²) in [5, 5.41) is 0. The van der Waals surface area contributed by atoms with Gasteiger partial charge in [-0.25, -0.2) is 4.79 Å². The molecule has 0 spiro atoms.